The number of rotatable bonds is 7. The molecule has 6 nitrogen and oxygen atoms in total. The summed E-state index contributed by atoms with van der Waals surface area (Å²) in [5.41, 5.74) is 5.56. The molecule has 1 aliphatic heterocycles. The third kappa shape index (κ3) is 5.56. The van der Waals surface area contributed by atoms with Gasteiger partial charge < -0.3 is 15.2 Å². The van der Waals surface area contributed by atoms with E-state index in [2.05, 4.69) is 19.2 Å². The Balaban J connectivity index is 2.94. The minimum atomic E-state index is -0.512. The van der Waals surface area contributed by atoms with Gasteiger partial charge in [-0.15, -0.1) is 0 Å². The summed E-state index contributed by atoms with van der Waals surface area (Å²) < 4.78 is 11.6. The van der Waals surface area contributed by atoms with Gasteiger partial charge in [0.05, 0.1) is 11.8 Å². The predicted molar refractivity (Wildman–Crippen MR) is 101 cm³/mol. The number of ether oxygens (including phenoxy) is 2. The molecule has 3 N–H and O–H groups in total. The van der Waals surface area contributed by atoms with Crippen molar-refractivity contribution in [2.24, 2.45) is 11.7 Å². The molecule has 1 rings (SSSR count). The van der Waals surface area contributed by atoms with Gasteiger partial charge in [0.25, 0.3) is 0 Å². The fraction of sp³-hybridized carbons (Fsp3) is 0.947. The fourth-order valence-electron chi connectivity index (χ4n) is 3.81. The van der Waals surface area contributed by atoms with Gasteiger partial charge in [0.1, 0.15) is 5.60 Å². The van der Waals surface area contributed by atoms with Crippen molar-refractivity contribution >= 4 is 6.09 Å². The minimum absolute atomic E-state index is 0.0948. The lowest BCUT2D eigenvalue weighted by Crippen LogP contribution is -2.68. The number of unbranched alkanes of at least 4 members (excludes halogenated alkanes) is 1. The van der Waals surface area contributed by atoms with Crippen LogP contribution in [-0.2, 0) is 9.47 Å². The number of nitrogens with two attached hydrogens (primary N) is 1. The van der Waals surface area contributed by atoms with Gasteiger partial charge in [0, 0.05) is 33.2 Å². The first-order chi connectivity index (χ1) is 11.6. The van der Waals surface area contributed by atoms with E-state index in [1.165, 1.54) is 0 Å². The Morgan fingerprint density at radius 2 is 2.04 bits per heavy atom. The van der Waals surface area contributed by atoms with Crippen molar-refractivity contribution in [3.63, 3.8) is 0 Å². The predicted octanol–water partition coefficient (Wildman–Crippen LogP) is 3.10. The highest BCUT2D eigenvalue weighted by Crippen LogP contribution is 2.38. The van der Waals surface area contributed by atoms with Gasteiger partial charge in [-0.25, -0.2) is 4.79 Å². The van der Waals surface area contributed by atoms with Crippen LogP contribution in [0.3, 0.4) is 0 Å². The Labute approximate surface area is 153 Å². The molecule has 1 saturated heterocycles. The van der Waals surface area contributed by atoms with Crippen LogP contribution in [0.1, 0.15) is 66.7 Å². The van der Waals surface area contributed by atoms with Crippen molar-refractivity contribution in [2.75, 3.05) is 20.7 Å². The molecule has 0 aromatic carbocycles. The van der Waals surface area contributed by atoms with E-state index in [0.29, 0.717) is 18.9 Å². The molecule has 6 heteroatoms. The van der Waals surface area contributed by atoms with Crippen molar-refractivity contribution in [3.8, 4) is 0 Å². The first-order valence-electron chi connectivity index (χ1n) is 9.61. The third-order valence-corrected chi connectivity index (χ3v) is 5.33. The standard InChI is InChI=1S/C19H39N3O3/c1-8-10-11-14(9-2)19(24-7)12-16(21-13-15(19)20)22(6)17(23)25-18(3,4)5/h14-16,21H,8-13,20H2,1-7H3. The van der Waals surface area contributed by atoms with Crippen LogP contribution in [0.25, 0.3) is 0 Å². The highest BCUT2D eigenvalue weighted by Gasteiger charge is 2.49. The molecule has 0 aliphatic carbocycles. The molecule has 1 amide bonds. The first-order valence-corrected chi connectivity index (χ1v) is 9.61. The van der Waals surface area contributed by atoms with E-state index in [4.69, 9.17) is 15.2 Å². The molecule has 0 bridgehead atoms. The zero-order chi connectivity index (χ0) is 19.3. The molecule has 148 valence electrons. The molecule has 0 spiro atoms. The van der Waals surface area contributed by atoms with Crippen LogP contribution in [-0.4, -0.2) is 55.1 Å². The van der Waals surface area contributed by atoms with E-state index in [9.17, 15) is 4.79 Å². The lowest BCUT2D eigenvalue weighted by Gasteiger charge is -2.50. The summed E-state index contributed by atoms with van der Waals surface area (Å²) in [6, 6.07) is -0.0948. The number of piperidine rings is 1. The number of carbonyl (C=O) groups is 1. The maximum Gasteiger partial charge on any atom is 0.411 e. The number of nitrogens with one attached hydrogen (secondary N) is 1. The molecule has 1 fully saturated rings. The van der Waals surface area contributed by atoms with Crippen LogP contribution < -0.4 is 11.1 Å². The molecular formula is C19H39N3O3. The Bertz CT molecular complexity index is 425. The molecule has 0 saturated carbocycles. The van der Waals surface area contributed by atoms with Crippen molar-refractivity contribution < 1.29 is 14.3 Å². The molecule has 25 heavy (non-hydrogen) atoms. The number of hydrogen-bond donors (Lipinski definition) is 2. The summed E-state index contributed by atoms with van der Waals surface area (Å²) >= 11 is 0. The number of nitrogens with zero attached hydrogens (tertiary/aromatic N) is 1. The van der Waals surface area contributed by atoms with Crippen molar-refractivity contribution in [2.45, 2.75) is 90.1 Å². The largest absolute Gasteiger partial charge is 0.444 e. The van der Waals surface area contributed by atoms with E-state index in [-0.39, 0.29) is 18.3 Å². The Hall–Kier alpha value is -0.850. The second-order valence-electron chi connectivity index (χ2n) is 8.23. The van der Waals surface area contributed by atoms with Crippen LogP contribution in [0.5, 0.6) is 0 Å². The second-order valence-corrected chi connectivity index (χ2v) is 8.23. The van der Waals surface area contributed by atoms with Crippen LogP contribution in [0.2, 0.25) is 0 Å². The van der Waals surface area contributed by atoms with E-state index in [1.54, 1.807) is 19.1 Å². The summed E-state index contributed by atoms with van der Waals surface area (Å²) in [6.07, 6.45) is 4.63. The average molecular weight is 358 g/mol. The number of hydrogen-bond acceptors (Lipinski definition) is 5. The van der Waals surface area contributed by atoms with Gasteiger partial charge >= 0.3 is 6.09 Å². The molecule has 4 unspecified atom stereocenters. The number of methoxy groups -OCH3 is 1. The average Bonchev–Trinajstić information content (AvgIpc) is 2.54. The fourth-order valence-corrected chi connectivity index (χ4v) is 3.81. The molecular weight excluding hydrogens is 318 g/mol. The Kier molecular flexibility index (Phi) is 8.16. The van der Waals surface area contributed by atoms with Crippen LogP contribution in [0.4, 0.5) is 4.79 Å². The second kappa shape index (κ2) is 9.19. The number of amides is 1. The van der Waals surface area contributed by atoms with Gasteiger partial charge in [-0.05, 0) is 33.1 Å². The van der Waals surface area contributed by atoms with Crippen LogP contribution >= 0.6 is 0 Å². The highest BCUT2D eigenvalue weighted by molar-refractivity contribution is 5.68. The zero-order valence-corrected chi connectivity index (χ0v) is 17.2. The van der Waals surface area contributed by atoms with Gasteiger partial charge in [-0.3, -0.25) is 10.2 Å². The summed E-state index contributed by atoms with van der Waals surface area (Å²) in [5.74, 6) is 0.379. The van der Waals surface area contributed by atoms with E-state index < -0.39 is 11.2 Å². The molecule has 1 aliphatic rings. The number of carbonyl (C=O) groups excluding carboxylic acids is 1. The first kappa shape index (κ1) is 22.2. The molecule has 0 radical (unpaired) electrons. The molecule has 0 aromatic heterocycles. The molecule has 4 atom stereocenters. The topological polar surface area (TPSA) is 76.8 Å². The van der Waals surface area contributed by atoms with Crippen molar-refractivity contribution in [3.05, 3.63) is 0 Å². The van der Waals surface area contributed by atoms with Gasteiger partial charge in [-0.1, -0.05) is 33.1 Å². The summed E-state index contributed by atoms with van der Waals surface area (Å²) in [6.45, 7) is 10.6. The third-order valence-electron chi connectivity index (χ3n) is 5.33. The maximum atomic E-state index is 12.4. The summed E-state index contributed by atoms with van der Waals surface area (Å²) in [7, 11) is 3.53. The van der Waals surface area contributed by atoms with Gasteiger partial charge in [-0.2, -0.15) is 0 Å². The lowest BCUT2D eigenvalue weighted by atomic mass is 9.72. The van der Waals surface area contributed by atoms with E-state index >= 15 is 0 Å². The van der Waals surface area contributed by atoms with Crippen molar-refractivity contribution in [1.82, 2.24) is 10.2 Å². The lowest BCUT2D eigenvalue weighted by molar-refractivity contribution is -0.118. The normalized spacial score (nSPS) is 28.5. The quantitative estimate of drug-likeness (QED) is 0.732. The monoisotopic (exact) mass is 357 g/mol. The summed E-state index contributed by atoms with van der Waals surface area (Å²) in [4.78, 5) is 14.1. The van der Waals surface area contributed by atoms with Crippen molar-refractivity contribution in [1.29, 1.82) is 0 Å². The smallest absolute Gasteiger partial charge is 0.411 e. The Morgan fingerprint density at radius 1 is 1.40 bits per heavy atom. The van der Waals surface area contributed by atoms with Gasteiger partial charge in [0.2, 0.25) is 0 Å². The van der Waals surface area contributed by atoms with E-state index in [0.717, 1.165) is 25.7 Å². The molecule has 0 aromatic rings. The minimum Gasteiger partial charge on any atom is -0.444 e. The highest BCUT2D eigenvalue weighted by atomic mass is 16.6. The maximum absolute atomic E-state index is 12.4. The molecule has 1 heterocycles. The summed E-state index contributed by atoms with van der Waals surface area (Å²) in [5, 5.41) is 3.38. The van der Waals surface area contributed by atoms with Crippen LogP contribution in [0, 0.1) is 5.92 Å². The van der Waals surface area contributed by atoms with E-state index in [1.807, 2.05) is 20.8 Å². The van der Waals surface area contributed by atoms with Gasteiger partial charge in [0.15, 0.2) is 0 Å². The zero-order valence-electron chi connectivity index (χ0n) is 17.2. The Morgan fingerprint density at radius 3 is 2.52 bits per heavy atom. The SMILES string of the molecule is CCCCC(CC)C1(OC)CC(N(C)C(=O)OC(C)(C)C)NCC1N. The van der Waals surface area contributed by atoms with Crippen LogP contribution in [0.15, 0.2) is 0 Å².